The van der Waals surface area contributed by atoms with E-state index in [2.05, 4.69) is 16.0 Å². The molecule has 1 fully saturated rings. The maximum atomic E-state index is 12.0. The van der Waals surface area contributed by atoms with Gasteiger partial charge in [-0.3, -0.25) is 19.8 Å². The normalized spacial score (nSPS) is 15.1. The lowest BCUT2D eigenvalue weighted by atomic mass is 9.96. The van der Waals surface area contributed by atoms with Gasteiger partial charge in [-0.05, 0) is 32.2 Å². The highest BCUT2D eigenvalue weighted by atomic mass is 16.2. The Bertz CT molecular complexity index is 409. The van der Waals surface area contributed by atoms with E-state index in [1.807, 2.05) is 13.8 Å². The number of hydrogen-bond donors (Lipinski definition) is 3. The van der Waals surface area contributed by atoms with Crippen LogP contribution in [0, 0.1) is 0 Å². The Morgan fingerprint density at radius 3 is 2.25 bits per heavy atom. The smallest absolute Gasteiger partial charge is 0.321 e. The second-order valence-corrected chi connectivity index (χ2v) is 6.42. The zero-order valence-electron chi connectivity index (χ0n) is 15.0. The van der Waals surface area contributed by atoms with Gasteiger partial charge in [0.15, 0.2) is 0 Å². The second-order valence-electron chi connectivity index (χ2n) is 6.42. The number of nitrogens with zero attached hydrogens (tertiary/aromatic N) is 1. The van der Waals surface area contributed by atoms with Gasteiger partial charge in [0.1, 0.15) is 0 Å². The van der Waals surface area contributed by atoms with Crippen LogP contribution < -0.4 is 16.0 Å². The summed E-state index contributed by atoms with van der Waals surface area (Å²) >= 11 is 0. The fraction of sp³-hybridized carbons (Fsp3) is 0.824. The van der Waals surface area contributed by atoms with Gasteiger partial charge in [-0.25, -0.2) is 4.79 Å². The second kappa shape index (κ2) is 11.8. The lowest BCUT2D eigenvalue weighted by Gasteiger charge is -2.23. The summed E-state index contributed by atoms with van der Waals surface area (Å²) in [7, 11) is 0. The van der Waals surface area contributed by atoms with E-state index < -0.39 is 6.03 Å². The van der Waals surface area contributed by atoms with Gasteiger partial charge in [-0.1, -0.05) is 33.1 Å². The van der Waals surface area contributed by atoms with Crippen molar-refractivity contribution >= 4 is 17.8 Å². The van der Waals surface area contributed by atoms with E-state index in [1.165, 1.54) is 6.42 Å². The van der Waals surface area contributed by atoms with E-state index in [1.54, 1.807) is 4.90 Å². The Kier molecular flexibility index (Phi) is 10.1. The lowest BCUT2D eigenvalue weighted by molar-refractivity contribution is -0.124. The number of carbonyl (C=O) groups excluding carboxylic acids is 3. The first-order valence-corrected chi connectivity index (χ1v) is 9.14. The largest absolute Gasteiger partial charge is 0.355 e. The molecule has 0 aromatic heterocycles. The molecule has 1 saturated carbocycles. The minimum atomic E-state index is -0.432. The first kappa shape index (κ1) is 20.4. The van der Waals surface area contributed by atoms with E-state index in [0.29, 0.717) is 13.1 Å². The van der Waals surface area contributed by atoms with E-state index >= 15 is 0 Å². The van der Waals surface area contributed by atoms with Crippen molar-refractivity contribution in [2.75, 3.05) is 26.2 Å². The quantitative estimate of drug-likeness (QED) is 0.591. The van der Waals surface area contributed by atoms with Gasteiger partial charge in [0.2, 0.25) is 11.8 Å². The van der Waals surface area contributed by atoms with Crippen LogP contribution in [0.25, 0.3) is 0 Å². The van der Waals surface area contributed by atoms with Crippen molar-refractivity contribution in [3.05, 3.63) is 0 Å². The molecule has 0 radical (unpaired) electrons. The summed E-state index contributed by atoms with van der Waals surface area (Å²) in [6, 6.07) is -0.267. The van der Waals surface area contributed by atoms with Crippen LogP contribution in [0.4, 0.5) is 4.79 Å². The van der Waals surface area contributed by atoms with E-state index in [4.69, 9.17) is 0 Å². The molecule has 1 aliphatic rings. The summed E-state index contributed by atoms with van der Waals surface area (Å²) in [5.74, 6) is -0.468. The van der Waals surface area contributed by atoms with Crippen LogP contribution in [-0.2, 0) is 9.59 Å². The van der Waals surface area contributed by atoms with Crippen LogP contribution in [0.2, 0.25) is 0 Å². The van der Waals surface area contributed by atoms with Gasteiger partial charge in [0, 0.05) is 12.6 Å². The fourth-order valence-corrected chi connectivity index (χ4v) is 2.89. The predicted molar refractivity (Wildman–Crippen MR) is 93.6 cm³/mol. The number of hydrogen-bond acceptors (Lipinski definition) is 4. The first-order chi connectivity index (χ1) is 11.5. The summed E-state index contributed by atoms with van der Waals surface area (Å²) in [5, 5.41) is 8.02. The molecule has 0 aliphatic heterocycles. The molecule has 7 nitrogen and oxygen atoms in total. The van der Waals surface area contributed by atoms with Crippen molar-refractivity contribution in [2.45, 2.75) is 64.8 Å². The van der Waals surface area contributed by atoms with Crippen molar-refractivity contribution in [1.29, 1.82) is 0 Å². The zero-order valence-corrected chi connectivity index (χ0v) is 15.0. The minimum absolute atomic E-state index is 0.0471. The third kappa shape index (κ3) is 8.86. The van der Waals surface area contributed by atoms with Gasteiger partial charge in [-0.2, -0.15) is 0 Å². The molecule has 7 heteroatoms. The summed E-state index contributed by atoms with van der Waals surface area (Å²) in [4.78, 5) is 37.5. The molecule has 0 heterocycles. The molecule has 4 amide bonds. The van der Waals surface area contributed by atoms with Crippen LogP contribution in [0.5, 0.6) is 0 Å². The Morgan fingerprint density at radius 2 is 1.62 bits per heavy atom. The lowest BCUT2D eigenvalue weighted by Crippen LogP contribution is -2.49. The number of amides is 4. The monoisotopic (exact) mass is 340 g/mol. The van der Waals surface area contributed by atoms with Gasteiger partial charge < -0.3 is 10.6 Å². The molecule has 3 N–H and O–H groups in total. The van der Waals surface area contributed by atoms with E-state index in [9.17, 15) is 14.4 Å². The summed E-state index contributed by atoms with van der Waals surface area (Å²) < 4.78 is 0. The Balaban J connectivity index is 2.34. The molecular formula is C17H32N4O3. The Labute approximate surface area is 144 Å². The molecule has 0 aromatic rings. The standard InChI is InChI=1S/C17H32N4O3/c1-3-10-18-15(22)12-21(11-4-2)13-16(23)20-17(24)19-14-8-6-5-7-9-14/h14H,3-13H2,1-2H3,(H,18,22)(H2,19,20,23,24). The van der Waals surface area contributed by atoms with Gasteiger partial charge >= 0.3 is 6.03 Å². The van der Waals surface area contributed by atoms with Gasteiger partial charge in [-0.15, -0.1) is 0 Å². The highest BCUT2D eigenvalue weighted by molar-refractivity contribution is 5.95. The zero-order chi connectivity index (χ0) is 17.8. The Morgan fingerprint density at radius 1 is 0.958 bits per heavy atom. The first-order valence-electron chi connectivity index (χ1n) is 9.14. The van der Waals surface area contributed by atoms with Gasteiger partial charge in [0.05, 0.1) is 13.1 Å². The minimum Gasteiger partial charge on any atom is -0.355 e. The molecule has 1 aliphatic carbocycles. The fourth-order valence-electron chi connectivity index (χ4n) is 2.89. The highest BCUT2D eigenvalue weighted by Gasteiger charge is 2.19. The number of carbonyl (C=O) groups is 3. The molecule has 0 aromatic carbocycles. The van der Waals surface area contributed by atoms with E-state index in [-0.39, 0.29) is 30.9 Å². The third-order valence-corrected chi connectivity index (χ3v) is 4.04. The average molecular weight is 340 g/mol. The van der Waals surface area contributed by atoms with Crippen molar-refractivity contribution in [3.63, 3.8) is 0 Å². The Hall–Kier alpha value is -1.63. The van der Waals surface area contributed by atoms with Crippen LogP contribution in [0.3, 0.4) is 0 Å². The molecule has 1 rings (SSSR count). The number of urea groups is 1. The molecular weight excluding hydrogens is 308 g/mol. The topological polar surface area (TPSA) is 90.5 Å². The maximum absolute atomic E-state index is 12.0. The summed E-state index contributed by atoms with van der Waals surface area (Å²) in [6.07, 6.45) is 7.11. The molecule has 138 valence electrons. The summed E-state index contributed by atoms with van der Waals surface area (Å²) in [5.41, 5.74) is 0. The van der Waals surface area contributed by atoms with Crippen LogP contribution in [0.1, 0.15) is 58.8 Å². The highest BCUT2D eigenvalue weighted by Crippen LogP contribution is 2.17. The van der Waals surface area contributed by atoms with Crippen LogP contribution >= 0.6 is 0 Å². The SMILES string of the molecule is CCCNC(=O)CN(CCC)CC(=O)NC(=O)NC1CCCCC1. The number of nitrogens with one attached hydrogen (secondary N) is 3. The van der Waals surface area contributed by atoms with E-state index in [0.717, 1.165) is 38.5 Å². The van der Waals surface area contributed by atoms with Crippen molar-refractivity contribution < 1.29 is 14.4 Å². The van der Waals surface area contributed by atoms with Crippen molar-refractivity contribution in [1.82, 2.24) is 20.9 Å². The molecule has 0 unspecified atom stereocenters. The third-order valence-electron chi connectivity index (χ3n) is 4.04. The van der Waals surface area contributed by atoms with Crippen LogP contribution in [0.15, 0.2) is 0 Å². The molecule has 0 atom stereocenters. The van der Waals surface area contributed by atoms with Gasteiger partial charge in [0.25, 0.3) is 0 Å². The molecule has 0 bridgehead atoms. The molecule has 24 heavy (non-hydrogen) atoms. The summed E-state index contributed by atoms with van der Waals surface area (Å²) in [6.45, 7) is 5.47. The van der Waals surface area contributed by atoms with Crippen LogP contribution in [-0.4, -0.2) is 55.0 Å². The van der Waals surface area contributed by atoms with Crippen molar-refractivity contribution in [3.8, 4) is 0 Å². The molecule has 0 spiro atoms. The maximum Gasteiger partial charge on any atom is 0.321 e. The molecule has 0 saturated heterocycles. The predicted octanol–water partition coefficient (Wildman–Crippen LogP) is 1.38. The van der Waals surface area contributed by atoms with Crippen molar-refractivity contribution in [2.24, 2.45) is 0 Å². The number of imide groups is 1. The number of rotatable bonds is 9. The average Bonchev–Trinajstić information content (AvgIpc) is 2.53.